The van der Waals surface area contributed by atoms with E-state index in [1.54, 1.807) is 6.07 Å². The Kier molecular flexibility index (Phi) is 3.42. The Labute approximate surface area is 129 Å². The largest absolute Gasteiger partial charge is 0.444 e. The van der Waals surface area contributed by atoms with Gasteiger partial charge in [-0.2, -0.15) is 5.26 Å². The van der Waals surface area contributed by atoms with Crippen LogP contribution in [0.5, 0.6) is 0 Å². The summed E-state index contributed by atoms with van der Waals surface area (Å²) in [4.78, 5) is 23.2. The summed E-state index contributed by atoms with van der Waals surface area (Å²) in [6.07, 6.45) is 1.62. The number of allylic oxidation sites excluding steroid dienone is 3. The van der Waals surface area contributed by atoms with E-state index in [-0.39, 0.29) is 22.2 Å². The van der Waals surface area contributed by atoms with Crippen molar-refractivity contribution in [1.82, 2.24) is 0 Å². The molecule has 7 nitrogen and oxygen atoms in total. The van der Waals surface area contributed by atoms with Gasteiger partial charge in [0.05, 0.1) is 10.8 Å². The van der Waals surface area contributed by atoms with Crippen molar-refractivity contribution in [3.63, 3.8) is 0 Å². The molecule has 1 atom stereocenters. The van der Waals surface area contributed by atoms with E-state index in [1.165, 1.54) is 6.07 Å². The Hall–Kier alpha value is -2.66. The van der Waals surface area contributed by atoms with Crippen LogP contribution >= 0.6 is 11.3 Å². The number of nitriles is 1. The molecule has 0 fully saturated rings. The molecule has 0 aromatic carbocycles. The predicted molar refractivity (Wildman–Crippen MR) is 77.5 cm³/mol. The average molecular weight is 317 g/mol. The minimum atomic E-state index is -0.666. The molecular formula is C14H11N3O4S. The zero-order chi connectivity index (χ0) is 15.9. The average Bonchev–Trinajstić information content (AvgIpc) is 2.95. The monoisotopic (exact) mass is 317 g/mol. The third-order valence-electron chi connectivity index (χ3n) is 3.68. The molecule has 22 heavy (non-hydrogen) atoms. The van der Waals surface area contributed by atoms with Crippen molar-refractivity contribution in [2.75, 3.05) is 0 Å². The van der Waals surface area contributed by atoms with Crippen molar-refractivity contribution in [3.05, 3.63) is 49.9 Å². The summed E-state index contributed by atoms with van der Waals surface area (Å²) in [7, 11) is 0. The lowest BCUT2D eigenvalue weighted by Crippen LogP contribution is -2.26. The van der Waals surface area contributed by atoms with Gasteiger partial charge in [-0.1, -0.05) is 11.3 Å². The molecule has 0 saturated carbocycles. The fourth-order valence-corrected chi connectivity index (χ4v) is 3.68. The molecule has 0 saturated heterocycles. The van der Waals surface area contributed by atoms with Gasteiger partial charge in [-0.05, 0) is 12.5 Å². The summed E-state index contributed by atoms with van der Waals surface area (Å²) in [5.74, 6) is -0.311. The predicted octanol–water partition coefficient (Wildman–Crippen LogP) is 2.47. The first kappa shape index (κ1) is 14.3. The molecule has 3 rings (SSSR count). The zero-order valence-electron chi connectivity index (χ0n) is 11.4. The highest BCUT2D eigenvalue weighted by Crippen LogP contribution is 2.46. The minimum Gasteiger partial charge on any atom is -0.444 e. The van der Waals surface area contributed by atoms with Crippen LogP contribution in [0.4, 0.5) is 5.00 Å². The third-order valence-corrected chi connectivity index (χ3v) is 4.78. The lowest BCUT2D eigenvalue weighted by Gasteiger charge is -2.30. The van der Waals surface area contributed by atoms with E-state index in [2.05, 4.69) is 0 Å². The number of nitro groups is 1. The SMILES string of the molecule is N#CC1=C(N)OC2=C(C(=O)CCC2)[C@@H]1c1ccc([N+](=O)[O-])s1. The van der Waals surface area contributed by atoms with Crippen LogP contribution in [-0.2, 0) is 9.53 Å². The molecular weight excluding hydrogens is 306 g/mol. The number of carbonyl (C=O) groups excluding carboxylic acids is 1. The van der Waals surface area contributed by atoms with Crippen molar-refractivity contribution in [1.29, 1.82) is 5.26 Å². The van der Waals surface area contributed by atoms with Gasteiger partial charge < -0.3 is 10.5 Å². The van der Waals surface area contributed by atoms with Gasteiger partial charge in [0.25, 0.3) is 0 Å². The minimum absolute atomic E-state index is 0.0306. The number of nitrogens with two attached hydrogens (primary N) is 1. The molecule has 2 heterocycles. The standard InChI is InChI=1S/C14H11N3O4S/c15-6-7-12(10-4-5-11(22-10)17(19)20)13-8(18)2-1-3-9(13)21-14(7)16/h4-5,12H,1-3,16H2/t12-/m0/s1. The molecule has 1 aliphatic heterocycles. The fraction of sp³-hybridized carbons (Fsp3) is 0.286. The van der Waals surface area contributed by atoms with Gasteiger partial charge in [0.2, 0.25) is 5.88 Å². The quantitative estimate of drug-likeness (QED) is 0.661. The number of rotatable bonds is 2. The highest BCUT2D eigenvalue weighted by molar-refractivity contribution is 7.15. The van der Waals surface area contributed by atoms with Crippen molar-refractivity contribution in [2.24, 2.45) is 5.73 Å². The second kappa shape index (κ2) is 5.27. The van der Waals surface area contributed by atoms with Crippen molar-refractivity contribution < 1.29 is 14.5 Å². The molecule has 8 heteroatoms. The molecule has 0 amide bonds. The molecule has 1 aromatic heterocycles. The maximum absolute atomic E-state index is 12.3. The van der Waals surface area contributed by atoms with Gasteiger partial charge >= 0.3 is 5.00 Å². The number of thiophene rings is 1. The summed E-state index contributed by atoms with van der Waals surface area (Å²) in [6, 6.07) is 4.91. The molecule has 2 aliphatic rings. The van der Waals surface area contributed by atoms with Gasteiger partial charge in [0.1, 0.15) is 17.4 Å². The van der Waals surface area contributed by atoms with Crippen LogP contribution in [0.25, 0.3) is 0 Å². The van der Waals surface area contributed by atoms with Gasteiger partial charge in [-0.3, -0.25) is 14.9 Å². The smallest absolute Gasteiger partial charge is 0.324 e. The first-order valence-corrected chi connectivity index (χ1v) is 7.42. The third kappa shape index (κ3) is 2.16. The van der Waals surface area contributed by atoms with E-state index >= 15 is 0 Å². The lowest BCUT2D eigenvalue weighted by atomic mass is 9.80. The number of hydrogen-bond acceptors (Lipinski definition) is 7. The molecule has 0 radical (unpaired) electrons. The Morgan fingerprint density at radius 2 is 2.23 bits per heavy atom. The number of ether oxygens (including phenoxy) is 1. The molecule has 0 bridgehead atoms. The van der Waals surface area contributed by atoms with Crippen LogP contribution in [0.2, 0.25) is 0 Å². The van der Waals surface area contributed by atoms with Crippen LogP contribution < -0.4 is 5.73 Å². The summed E-state index contributed by atoms with van der Waals surface area (Å²) in [5.41, 5.74) is 6.34. The summed E-state index contributed by atoms with van der Waals surface area (Å²) < 4.78 is 5.43. The normalized spacial score (nSPS) is 21.2. The van der Waals surface area contributed by atoms with Crippen LogP contribution in [0.15, 0.2) is 34.9 Å². The van der Waals surface area contributed by atoms with Crippen molar-refractivity contribution in [3.8, 4) is 6.07 Å². The van der Waals surface area contributed by atoms with E-state index in [0.717, 1.165) is 11.3 Å². The van der Waals surface area contributed by atoms with Crippen LogP contribution in [0.1, 0.15) is 30.1 Å². The first-order chi connectivity index (χ1) is 10.5. The number of carbonyl (C=O) groups is 1. The molecule has 2 N–H and O–H groups in total. The second-order valence-electron chi connectivity index (χ2n) is 4.97. The Morgan fingerprint density at radius 1 is 1.45 bits per heavy atom. The van der Waals surface area contributed by atoms with Crippen molar-refractivity contribution in [2.45, 2.75) is 25.2 Å². The lowest BCUT2D eigenvalue weighted by molar-refractivity contribution is -0.380. The number of Topliss-reactive ketones (excluding diaryl/α,β-unsaturated/α-hetero) is 1. The van der Waals surface area contributed by atoms with E-state index in [0.29, 0.717) is 35.5 Å². The van der Waals surface area contributed by atoms with Crippen molar-refractivity contribution >= 4 is 22.1 Å². The van der Waals surface area contributed by atoms with Crippen LogP contribution in [0, 0.1) is 21.4 Å². The highest BCUT2D eigenvalue weighted by atomic mass is 32.1. The van der Waals surface area contributed by atoms with E-state index in [9.17, 15) is 20.2 Å². The number of nitrogens with zero attached hydrogens (tertiary/aromatic N) is 2. The van der Waals surface area contributed by atoms with Crippen LogP contribution in [0.3, 0.4) is 0 Å². The molecule has 1 aliphatic carbocycles. The number of ketones is 1. The molecule has 112 valence electrons. The molecule has 0 spiro atoms. The maximum atomic E-state index is 12.3. The van der Waals surface area contributed by atoms with Gasteiger partial charge in [-0.25, -0.2) is 0 Å². The van der Waals surface area contributed by atoms with Crippen LogP contribution in [-0.4, -0.2) is 10.7 Å². The maximum Gasteiger partial charge on any atom is 0.324 e. The Bertz CT molecular complexity index is 784. The topological polar surface area (TPSA) is 119 Å². The molecule has 1 aromatic rings. The van der Waals surface area contributed by atoms with E-state index in [1.807, 2.05) is 6.07 Å². The second-order valence-corrected chi connectivity index (χ2v) is 6.07. The van der Waals surface area contributed by atoms with E-state index < -0.39 is 10.8 Å². The van der Waals surface area contributed by atoms with Gasteiger partial charge in [0.15, 0.2) is 5.78 Å². The molecule has 0 unspecified atom stereocenters. The zero-order valence-corrected chi connectivity index (χ0v) is 12.2. The summed E-state index contributed by atoms with van der Waals surface area (Å²) in [5, 5.41) is 20.2. The highest BCUT2D eigenvalue weighted by Gasteiger charge is 2.39. The van der Waals surface area contributed by atoms with E-state index in [4.69, 9.17) is 10.5 Å². The summed E-state index contributed by atoms with van der Waals surface area (Å²) >= 11 is 0.945. The Morgan fingerprint density at radius 3 is 2.86 bits per heavy atom. The van der Waals surface area contributed by atoms with Gasteiger partial charge in [-0.15, -0.1) is 0 Å². The fourth-order valence-electron chi connectivity index (χ4n) is 2.74. The summed E-state index contributed by atoms with van der Waals surface area (Å²) in [6.45, 7) is 0. The number of hydrogen-bond donors (Lipinski definition) is 1. The van der Waals surface area contributed by atoms with Gasteiger partial charge in [0, 0.05) is 29.4 Å². The first-order valence-electron chi connectivity index (χ1n) is 6.61. The Balaban J connectivity index is 2.15.